The van der Waals surface area contributed by atoms with Crippen LogP contribution < -0.4 is 10.6 Å². The molecule has 3 rings (SSSR count). The Kier molecular flexibility index (Phi) is 8.59. The van der Waals surface area contributed by atoms with Crippen molar-refractivity contribution in [2.75, 3.05) is 19.0 Å². The van der Waals surface area contributed by atoms with Gasteiger partial charge in [0.25, 0.3) is 0 Å². The van der Waals surface area contributed by atoms with Crippen LogP contribution in [0.25, 0.3) is 0 Å². The van der Waals surface area contributed by atoms with Crippen LogP contribution in [0.2, 0.25) is 0 Å². The highest BCUT2D eigenvalue weighted by atomic mass is 32.2. The van der Waals surface area contributed by atoms with Gasteiger partial charge in [-0.25, -0.2) is 4.79 Å². The van der Waals surface area contributed by atoms with Crippen LogP contribution in [0.4, 0.5) is 4.79 Å². The SMILES string of the molecule is CC1(CO[P+](O)(O)O)C[C@](C)(COC(=O)CCCCC2SC[C@@H]3NC(=O)N[C@H]23)C(C)(O)C(C)(O)C1(C)O. The predicted octanol–water partition coefficient (Wildman–Crippen LogP) is 0.596. The van der Waals surface area contributed by atoms with Crippen molar-refractivity contribution < 1.29 is 48.8 Å². The third kappa shape index (κ3) is 5.76. The van der Waals surface area contributed by atoms with Crippen molar-refractivity contribution in [3.8, 4) is 0 Å². The summed E-state index contributed by atoms with van der Waals surface area (Å²) in [4.78, 5) is 52.0. The largest absolute Gasteiger partial charge is 0.567 e. The average Bonchev–Trinajstić information content (AvgIpc) is 3.31. The number of aliphatic hydroxyl groups is 3. The molecule has 0 bridgehead atoms. The van der Waals surface area contributed by atoms with Gasteiger partial charge in [-0.1, -0.05) is 20.3 Å². The fourth-order valence-corrected chi connectivity index (χ4v) is 8.04. The Morgan fingerprint density at radius 2 is 1.57 bits per heavy atom. The first-order valence-electron chi connectivity index (χ1n) is 12.5. The van der Waals surface area contributed by atoms with Crippen LogP contribution in [0.1, 0.15) is 66.7 Å². The summed E-state index contributed by atoms with van der Waals surface area (Å²) in [7, 11) is -4.63. The second-order valence-electron chi connectivity index (χ2n) is 11.8. The molecule has 5 unspecified atom stereocenters. The van der Waals surface area contributed by atoms with Crippen LogP contribution >= 0.6 is 19.9 Å². The van der Waals surface area contributed by atoms with Crippen molar-refractivity contribution in [2.45, 2.75) is 101 Å². The van der Waals surface area contributed by atoms with Crippen LogP contribution in [0.5, 0.6) is 0 Å². The Labute approximate surface area is 222 Å². The molecule has 1 saturated carbocycles. The van der Waals surface area contributed by atoms with Gasteiger partial charge in [0.15, 0.2) is 0 Å². The van der Waals surface area contributed by atoms with E-state index in [1.165, 1.54) is 27.7 Å². The number of ether oxygens (including phenoxy) is 1. The molecule has 0 radical (unpaired) electrons. The van der Waals surface area contributed by atoms with Gasteiger partial charge in [0, 0.05) is 28.3 Å². The molecule has 2 heterocycles. The van der Waals surface area contributed by atoms with Gasteiger partial charge in [-0.3, -0.25) is 4.79 Å². The number of hydrogen-bond acceptors (Lipinski definition) is 11. The van der Waals surface area contributed by atoms with E-state index in [-0.39, 0.29) is 37.6 Å². The number of rotatable bonds is 10. The molecule has 0 aromatic heterocycles. The zero-order valence-electron chi connectivity index (χ0n) is 22.1. The highest BCUT2D eigenvalue weighted by molar-refractivity contribution is 8.00. The van der Waals surface area contributed by atoms with Gasteiger partial charge < -0.3 is 30.7 Å². The summed E-state index contributed by atoms with van der Waals surface area (Å²) in [5.74, 6) is 0.401. The minimum Gasteiger partial charge on any atom is -0.465 e. The van der Waals surface area contributed by atoms with Gasteiger partial charge in [0.1, 0.15) is 23.4 Å². The van der Waals surface area contributed by atoms with Gasteiger partial charge in [0.2, 0.25) is 0 Å². The minimum atomic E-state index is -4.63. The average molecular weight is 570 g/mol. The fraction of sp³-hybridized carbons (Fsp3) is 0.913. The number of hydrogen-bond donors (Lipinski definition) is 8. The molecular weight excluding hydrogens is 527 g/mol. The molecule has 0 aromatic carbocycles. The van der Waals surface area contributed by atoms with Gasteiger partial charge in [0.05, 0.1) is 18.7 Å². The van der Waals surface area contributed by atoms with Crippen LogP contribution in [0, 0.1) is 10.8 Å². The summed E-state index contributed by atoms with van der Waals surface area (Å²) in [6.45, 7) is 6.26. The van der Waals surface area contributed by atoms with E-state index >= 15 is 0 Å². The lowest BCUT2D eigenvalue weighted by Gasteiger charge is -2.66. The molecule has 37 heavy (non-hydrogen) atoms. The Morgan fingerprint density at radius 3 is 2.16 bits per heavy atom. The van der Waals surface area contributed by atoms with E-state index in [2.05, 4.69) is 10.6 Å². The third-order valence-electron chi connectivity index (χ3n) is 9.19. The number of thioether (sulfide) groups is 1. The van der Waals surface area contributed by atoms with E-state index in [1.807, 2.05) is 11.8 Å². The zero-order chi connectivity index (χ0) is 28.1. The number of nitrogens with one attached hydrogen (secondary N) is 2. The molecule has 0 spiro atoms. The summed E-state index contributed by atoms with van der Waals surface area (Å²) < 4.78 is 10.3. The van der Waals surface area contributed by atoms with E-state index in [9.17, 15) is 39.6 Å². The number of amides is 2. The normalized spacial score (nSPS) is 43.8. The van der Waals surface area contributed by atoms with Crippen molar-refractivity contribution >= 4 is 31.9 Å². The topological polar surface area (TPSA) is 198 Å². The van der Waals surface area contributed by atoms with Gasteiger partial charge >= 0.3 is 20.2 Å². The van der Waals surface area contributed by atoms with Crippen LogP contribution in [0.15, 0.2) is 0 Å². The molecule has 14 heteroatoms. The lowest BCUT2D eigenvalue weighted by atomic mass is 9.45. The molecule has 3 aliphatic rings. The molecule has 2 saturated heterocycles. The Balaban J connectivity index is 1.58. The fourth-order valence-electron chi connectivity index (χ4n) is 6.04. The van der Waals surface area contributed by atoms with Crippen molar-refractivity contribution in [3.05, 3.63) is 0 Å². The lowest BCUT2D eigenvalue weighted by molar-refractivity contribution is -0.339. The van der Waals surface area contributed by atoms with Gasteiger partial charge in [-0.15, -0.1) is 0 Å². The smallest absolute Gasteiger partial charge is 0.465 e. The lowest BCUT2D eigenvalue weighted by Crippen LogP contribution is -2.79. The Bertz CT molecular complexity index is 882. The standard InChI is InChI=1S/C23H41N2O10PS/c1-19(11-20(2,13-35-36(31,32)33)22(4,29)23(5,30)21(19,3)28)12-34-16(26)9-7-6-8-15-17-14(10-37-15)24-18(27)25-17/h14-15,17,28-33H,6-13H2,1-5H3,(H-,24,25,27)/p+1/t14-,15?,17-,19+,20?,21?,22?,23?/m0/s1. The number of urea groups is 1. The number of carbonyl (C=O) groups excluding carboxylic acids is 2. The summed E-state index contributed by atoms with van der Waals surface area (Å²) in [6.07, 6.45) is 2.35. The second kappa shape index (κ2) is 10.3. The number of carbonyl (C=O) groups is 2. The minimum absolute atomic E-state index is 0.0371. The van der Waals surface area contributed by atoms with Gasteiger partial charge in [-0.05, 0) is 40.0 Å². The van der Waals surface area contributed by atoms with E-state index in [0.717, 1.165) is 18.6 Å². The monoisotopic (exact) mass is 569 g/mol. The highest BCUT2D eigenvalue weighted by Gasteiger charge is 2.73. The summed E-state index contributed by atoms with van der Waals surface area (Å²) in [5.41, 5.74) is -8.70. The number of unbranched alkanes of at least 4 members (excludes halogenated alkanes) is 1. The van der Waals surface area contributed by atoms with Gasteiger partial charge in [-0.2, -0.15) is 31.0 Å². The number of esters is 1. The maximum Gasteiger partial charge on any atom is 0.567 e. The molecule has 1 aliphatic carbocycles. The summed E-state index contributed by atoms with van der Waals surface area (Å²) in [5, 5.41) is 40.2. The maximum absolute atomic E-state index is 12.6. The van der Waals surface area contributed by atoms with Crippen LogP contribution in [-0.2, 0) is 14.1 Å². The third-order valence-corrected chi connectivity index (χ3v) is 11.2. The van der Waals surface area contributed by atoms with E-state index in [0.29, 0.717) is 11.7 Å². The Morgan fingerprint density at radius 1 is 0.973 bits per heavy atom. The van der Waals surface area contributed by atoms with Crippen LogP contribution in [-0.4, -0.2) is 95.1 Å². The second-order valence-corrected chi connectivity index (χ2v) is 14.4. The first kappa shape index (κ1) is 30.8. The molecule has 8 N–H and O–H groups in total. The Hall–Kier alpha value is -0.760. The zero-order valence-corrected chi connectivity index (χ0v) is 23.8. The van der Waals surface area contributed by atoms with Crippen LogP contribution in [0.3, 0.4) is 0 Å². The first-order chi connectivity index (χ1) is 16.8. The van der Waals surface area contributed by atoms with E-state index < -0.39 is 48.4 Å². The van der Waals surface area contributed by atoms with E-state index in [4.69, 9.17) is 9.26 Å². The summed E-state index contributed by atoms with van der Waals surface area (Å²) >= 11 is 1.81. The first-order valence-corrected chi connectivity index (χ1v) is 15.1. The molecule has 0 aromatic rings. The predicted molar refractivity (Wildman–Crippen MR) is 137 cm³/mol. The highest BCUT2D eigenvalue weighted by Crippen LogP contribution is 2.62. The molecule has 2 aliphatic heterocycles. The number of fused-ring (bicyclic) bond motifs is 1. The maximum atomic E-state index is 12.6. The van der Waals surface area contributed by atoms with Crippen molar-refractivity contribution in [1.82, 2.24) is 10.6 Å². The van der Waals surface area contributed by atoms with Crippen molar-refractivity contribution in [1.29, 1.82) is 0 Å². The molecule has 2 amide bonds. The molecular formula is C23H42N2O10PS+. The molecule has 3 fully saturated rings. The van der Waals surface area contributed by atoms with Crippen molar-refractivity contribution in [3.63, 3.8) is 0 Å². The van der Waals surface area contributed by atoms with Crippen molar-refractivity contribution in [2.24, 2.45) is 10.8 Å². The summed E-state index contributed by atoms with van der Waals surface area (Å²) in [6, 6.07) is 0.121. The molecule has 214 valence electrons. The quantitative estimate of drug-likeness (QED) is 0.0793. The van der Waals surface area contributed by atoms with E-state index in [1.54, 1.807) is 6.92 Å². The molecule has 8 atom stereocenters. The molecule has 12 nitrogen and oxygen atoms in total.